The van der Waals surface area contributed by atoms with Crippen molar-refractivity contribution >= 4 is 21.7 Å². The normalized spacial score (nSPS) is 11.2. The Balaban J connectivity index is 2.41. The first kappa shape index (κ1) is 21.2. The number of carbonyl (C=O) groups is 1. The summed E-state index contributed by atoms with van der Waals surface area (Å²) in [4.78, 5) is 10.6. The first-order chi connectivity index (χ1) is 13.2. The van der Waals surface area contributed by atoms with E-state index in [0.29, 0.717) is 0 Å². The summed E-state index contributed by atoms with van der Waals surface area (Å²) in [7, 11) is -1.73. The van der Waals surface area contributed by atoms with E-state index in [0.717, 1.165) is 12.1 Å². The van der Waals surface area contributed by atoms with Crippen LogP contribution in [-0.2, 0) is 21.2 Å². The summed E-state index contributed by atoms with van der Waals surface area (Å²) in [5.41, 5.74) is 0.173. The van der Waals surface area contributed by atoms with E-state index < -0.39 is 22.6 Å². The number of carboxylic acids is 1. The highest BCUT2D eigenvalue weighted by Gasteiger charge is 2.22. The lowest BCUT2D eigenvalue weighted by Gasteiger charge is -2.15. The quantitative estimate of drug-likeness (QED) is 0.645. The Hall–Kier alpha value is -3.08. The summed E-state index contributed by atoms with van der Waals surface area (Å²) in [5.74, 6) is -1.52. The van der Waals surface area contributed by atoms with Gasteiger partial charge in [-0.25, -0.2) is 8.42 Å². The van der Waals surface area contributed by atoms with Gasteiger partial charge < -0.3 is 19.3 Å². The molecule has 0 aliphatic rings. The van der Waals surface area contributed by atoms with Crippen LogP contribution in [0.3, 0.4) is 0 Å². The first-order valence-corrected chi connectivity index (χ1v) is 9.19. The van der Waals surface area contributed by atoms with Crippen LogP contribution in [0, 0.1) is 0 Å². The lowest BCUT2D eigenvalue weighted by molar-refractivity contribution is -0.136. The van der Waals surface area contributed by atoms with Crippen molar-refractivity contribution in [3.63, 3.8) is 0 Å². The highest BCUT2D eigenvalue weighted by molar-refractivity contribution is 7.92. The highest BCUT2D eigenvalue weighted by atomic mass is 32.2. The Bertz CT molecular complexity index is 964. The molecule has 0 spiro atoms. The molecule has 152 valence electrons. The second-order valence-corrected chi connectivity index (χ2v) is 7.06. The van der Waals surface area contributed by atoms with Crippen LogP contribution < -0.4 is 18.9 Å². The fourth-order valence-electron chi connectivity index (χ4n) is 2.35. The van der Waals surface area contributed by atoms with E-state index in [1.54, 1.807) is 0 Å². The Kier molecular flexibility index (Phi) is 6.62. The molecule has 11 heteroatoms. The minimum absolute atomic E-state index is 0.00992. The van der Waals surface area contributed by atoms with Gasteiger partial charge in [-0.1, -0.05) is 6.07 Å². The van der Waals surface area contributed by atoms with E-state index in [9.17, 15) is 22.0 Å². The number of methoxy groups -OCH3 is 2. The molecule has 0 aliphatic carbocycles. The molecule has 0 aromatic heterocycles. The Morgan fingerprint density at radius 2 is 1.71 bits per heavy atom. The smallest absolute Gasteiger partial charge is 0.387 e. The summed E-state index contributed by atoms with van der Waals surface area (Å²) in [6.45, 7) is -3.13. The molecular formula is C17H17F2NO7S. The molecule has 2 N–H and O–H groups in total. The molecule has 0 unspecified atom stereocenters. The van der Waals surface area contributed by atoms with Gasteiger partial charge in [0, 0.05) is 6.07 Å². The lowest BCUT2D eigenvalue weighted by atomic mass is 10.1. The van der Waals surface area contributed by atoms with Crippen molar-refractivity contribution in [1.29, 1.82) is 0 Å². The second kappa shape index (κ2) is 8.74. The fourth-order valence-corrected chi connectivity index (χ4v) is 3.62. The number of sulfonamides is 1. The summed E-state index contributed by atoms with van der Waals surface area (Å²) in [6.07, 6.45) is -0.387. The van der Waals surface area contributed by atoms with Crippen molar-refractivity contribution in [2.45, 2.75) is 17.9 Å². The van der Waals surface area contributed by atoms with Crippen molar-refractivity contribution in [1.82, 2.24) is 0 Å². The SMILES string of the molecule is COc1ccc(NS(=O)(=O)c2cc(CC(=O)O)ccc2OC)cc1OC(F)F. The van der Waals surface area contributed by atoms with E-state index >= 15 is 0 Å². The molecule has 0 aliphatic heterocycles. The standard InChI is InChI=1S/C17H17F2NO7S/c1-25-12-6-4-11(9-14(12)27-17(18)19)20-28(23,24)15-7-10(8-16(21)22)3-5-13(15)26-2/h3-7,9,17,20H,8H2,1-2H3,(H,21,22). The van der Waals surface area contributed by atoms with Crippen LogP contribution in [0.25, 0.3) is 0 Å². The van der Waals surface area contributed by atoms with Gasteiger partial charge in [0.25, 0.3) is 10.0 Å². The van der Waals surface area contributed by atoms with Gasteiger partial charge in [0.2, 0.25) is 0 Å². The average Bonchev–Trinajstić information content (AvgIpc) is 2.60. The van der Waals surface area contributed by atoms with Gasteiger partial charge in [-0.05, 0) is 29.8 Å². The van der Waals surface area contributed by atoms with E-state index in [4.69, 9.17) is 14.6 Å². The molecule has 2 rings (SSSR count). The van der Waals surface area contributed by atoms with Gasteiger partial charge in [0.1, 0.15) is 10.6 Å². The maximum absolute atomic E-state index is 12.7. The molecule has 0 heterocycles. The number of aliphatic carboxylic acids is 1. The zero-order valence-corrected chi connectivity index (χ0v) is 15.6. The largest absolute Gasteiger partial charge is 0.495 e. The van der Waals surface area contributed by atoms with Crippen LogP contribution in [0.5, 0.6) is 17.2 Å². The number of anilines is 1. The van der Waals surface area contributed by atoms with Crippen molar-refractivity contribution in [2.75, 3.05) is 18.9 Å². The topological polar surface area (TPSA) is 111 Å². The van der Waals surface area contributed by atoms with E-state index in [1.807, 2.05) is 0 Å². The number of carboxylic acid groups (broad SMARTS) is 1. The van der Waals surface area contributed by atoms with E-state index in [1.165, 1.54) is 38.5 Å². The molecule has 28 heavy (non-hydrogen) atoms. The lowest BCUT2D eigenvalue weighted by Crippen LogP contribution is -2.15. The summed E-state index contributed by atoms with van der Waals surface area (Å²) >= 11 is 0. The number of halogens is 2. The second-order valence-electron chi connectivity index (χ2n) is 5.41. The number of nitrogens with one attached hydrogen (secondary N) is 1. The zero-order chi connectivity index (χ0) is 20.9. The van der Waals surface area contributed by atoms with Gasteiger partial charge in [-0.2, -0.15) is 8.78 Å². The van der Waals surface area contributed by atoms with Crippen molar-refractivity contribution < 1.29 is 41.3 Å². The minimum Gasteiger partial charge on any atom is -0.495 e. The third-order valence-electron chi connectivity index (χ3n) is 3.50. The molecule has 0 fully saturated rings. The summed E-state index contributed by atoms with van der Waals surface area (Å²) in [6, 6.07) is 7.50. The molecule has 2 aromatic carbocycles. The number of hydrogen-bond acceptors (Lipinski definition) is 6. The molecule has 0 radical (unpaired) electrons. The molecule has 0 atom stereocenters. The predicted octanol–water partition coefficient (Wildman–Crippen LogP) is 2.73. The molecule has 0 bridgehead atoms. The zero-order valence-electron chi connectivity index (χ0n) is 14.8. The van der Waals surface area contributed by atoms with Gasteiger partial charge in [0.05, 0.1) is 26.3 Å². The average molecular weight is 417 g/mol. The van der Waals surface area contributed by atoms with Crippen molar-refractivity contribution in [3.8, 4) is 17.2 Å². The van der Waals surface area contributed by atoms with Crippen LogP contribution in [0.2, 0.25) is 0 Å². The number of benzene rings is 2. The molecule has 2 aromatic rings. The molecule has 0 saturated carbocycles. The maximum Gasteiger partial charge on any atom is 0.387 e. The maximum atomic E-state index is 12.7. The number of rotatable bonds is 9. The van der Waals surface area contributed by atoms with Crippen LogP contribution >= 0.6 is 0 Å². The monoisotopic (exact) mass is 417 g/mol. The van der Waals surface area contributed by atoms with Gasteiger partial charge in [-0.3, -0.25) is 9.52 Å². The van der Waals surface area contributed by atoms with Crippen molar-refractivity contribution in [2.24, 2.45) is 0 Å². The van der Waals surface area contributed by atoms with Gasteiger partial charge in [0.15, 0.2) is 11.5 Å². The van der Waals surface area contributed by atoms with Gasteiger partial charge >= 0.3 is 12.6 Å². The highest BCUT2D eigenvalue weighted by Crippen LogP contribution is 2.33. The first-order valence-electron chi connectivity index (χ1n) is 7.70. The van der Waals surface area contributed by atoms with Crippen LogP contribution in [0.1, 0.15) is 5.56 Å². The third kappa shape index (κ3) is 5.22. The Morgan fingerprint density at radius 3 is 2.29 bits per heavy atom. The number of ether oxygens (including phenoxy) is 3. The predicted molar refractivity (Wildman–Crippen MR) is 94.8 cm³/mol. The minimum atomic E-state index is -4.23. The summed E-state index contributed by atoms with van der Waals surface area (Å²) in [5, 5.41) is 8.89. The Morgan fingerprint density at radius 1 is 1.07 bits per heavy atom. The molecule has 8 nitrogen and oxygen atoms in total. The fraction of sp³-hybridized carbons (Fsp3) is 0.235. The third-order valence-corrected chi connectivity index (χ3v) is 4.91. The number of alkyl halides is 2. The summed E-state index contributed by atoms with van der Waals surface area (Å²) < 4.78 is 67.0. The van der Waals surface area contributed by atoms with Gasteiger partial charge in [-0.15, -0.1) is 0 Å². The van der Waals surface area contributed by atoms with Crippen LogP contribution in [0.4, 0.5) is 14.5 Å². The molecular weight excluding hydrogens is 400 g/mol. The Labute approximate surface area is 159 Å². The van der Waals surface area contributed by atoms with Crippen LogP contribution in [0.15, 0.2) is 41.3 Å². The van der Waals surface area contributed by atoms with Crippen LogP contribution in [-0.4, -0.2) is 40.3 Å². The molecule has 0 amide bonds. The van der Waals surface area contributed by atoms with E-state index in [2.05, 4.69) is 9.46 Å². The van der Waals surface area contributed by atoms with E-state index in [-0.39, 0.29) is 39.8 Å². The van der Waals surface area contributed by atoms with Crippen molar-refractivity contribution in [3.05, 3.63) is 42.0 Å². The molecule has 0 saturated heterocycles. The number of hydrogen-bond donors (Lipinski definition) is 2.